The van der Waals surface area contributed by atoms with E-state index < -0.39 is 0 Å². The van der Waals surface area contributed by atoms with Crippen LogP contribution in [-0.2, 0) is 6.42 Å². The summed E-state index contributed by atoms with van der Waals surface area (Å²) < 4.78 is 0. The summed E-state index contributed by atoms with van der Waals surface area (Å²) in [5.41, 5.74) is 0.967. The topological polar surface area (TPSA) is 12.0 Å². The highest BCUT2D eigenvalue weighted by molar-refractivity contribution is 7.09. The summed E-state index contributed by atoms with van der Waals surface area (Å²) in [5, 5.41) is 6.71. The van der Waals surface area contributed by atoms with Crippen molar-refractivity contribution in [1.82, 2.24) is 0 Å². The predicted molar refractivity (Wildman–Crippen MR) is 73.0 cm³/mol. The molecule has 1 nitrogen and oxygen atoms in total. The van der Waals surface area contributed by atoms with Crippen molar-refractivity contribution in [2.75, 3.05) is 11.9 Å². The lowest BCUT2D eigenvalue weighted by Gasteiger charge is -2.06. The molecule has 1 aromatic carbocycles. The van der Waals surface area contributed by atoms with Crippen molar-refractivity contribution in [3.63, 3.8) is 0 Å². The average Bonchev–Trinajstić information content (AvgIpc) is 2.69. The van der Waals surface area contributed by atoms with E-state index in [1.807, 2.05) is 12.1 Å². The van der Waals surface area contributed by atoms with Crippen LogP contribution in [0.15, 0.2) is 35.7 Å². The fourth-order valence-electron chi connectivity index (χ4n) is 1.44. The first-order chi connectivity index (χ1) is 7.74. The van der Waals surface area contributed by atoms with E-state index in [9.17, 15) is 0 Å². The maximum Gasteiger partial charge on any atom is 0.0441 e. The number of halogens is 2. The quantitative estimate of drug-likeness (QED) is 0.849. The van der Waals surface area contributed by atoms with Crippen LogP contribution in [0.1, 0.15) is 4.88 Å². The molecule has 2 rings (SSSR count). The van der Waals surface area contributed by atoms with Crippen molar-refractivity contribution in [1.29, 1.82) is 0 Å². The molecule has 1 aromatic heterocycles. The number of benzene rings is 1. The molecule has 0 bridgehead atoms. The molecule has 0 saturated carbocycles. The fraction of sp³-hybridized carbons (Fsp3) is 0.167. The third kappa shape index (κ3) is 3.41. The van der Waals surface area contributed by atoms with E-state index >= 15 is 0 Å². The molecule has 0 saturated heterocycles. The van der Waals surface area contributed by atoms with Gasteiger partial charge in [-0.3, -0.25) is 0 Å². The van der Waals surface area contributed by atoms with Gasteiger partial charge in [0.1, 0.15) is 0 Å². The van der Waals surface area contributed by atoms with Gasteiger partial charge in [0.2, 0.25) is 0 Å². The predicted octanol–water partition coefficient (Wildman–Crippen LogP) is 4.71. The summed E-state index contributed by atoms with van der Waals surface area (Å²) >= 11 is 13.6. The van der Waals surface area contributed by atoms with E-state index in [1.54, 1.807) is 17.4 Å². The first kappa shape index (κ1) is 11.8. The van der Waals surface area contributed by atoms with Gasteiger partial charge in [-0.25, -0.2) is 0 Å². The fourth-order valence-corrected chi connectivity index (χ4v) is 2.68. The van der Waals surface area contributed by atoms with E-state index in [1.165, 1.54) is 4.88 Å². The molecule has 84 valence electrons. The number of hydrogen-bond acceptors (Lipinski definition) is 2. The molecule has 1 heterocycles. The van der Waals surface area contributed by atoms with Crippen LogP contribution in [0.5, 0.6) is 0 Å². The van der Waals surface area contributed by atoms with Gasteiger partial charge >= 0.3 is 0 Å². The zero-order valence-electron chi connectivity index (χ0n) is 8.54. The lowest BCUT2D eigenvalue weighted by atomic mass is 10.3. The second kappa shape index (κ2) is 5.58. The Morgan fingerprint density at radius 2 is 1.88 bits per heavy atom. The van der Waals surface area contributed by atoms with Crippen molar-refractivity contribution in [2.24, 2.45) is 0 Å². The molecule has 0 unspecified atom stereocenters. The maximum absolute atomic E-state index is 5.91. The summed E-state index contributed by atoms with van der Waals surface area (Å²) in [6, 6.07) is 9.69. The highest BCUT2D eigenvalue weighted by Gasteiger charge is 1.98. The maximum atomic E-state index is 5.91. The van der Waals surface area contributed by atoms with Crippen molar-refractivity contribution < 1.29 is 0 Å². The highest BCUT2D eigenvalue weighted by atomic mass is 35.5. The molecule has 16 heavy (non-hydrogen) atoms. The average molecular weight is 272 g/mol. The Hall–Kier alpha value is -0.700. The minimum atomic E-state index is 0.658. The van der Waals surface area contributed by atoms with Crippen LogP contribution >= 0.6 is 34.5 Å². The Morgan fingerprint density at radius 1 is 1.12 bits per heavy atom. The molecule has 0 aliphatic heterocycles. The Morgan fingerprint density at radius 3 is 2.50 bits per heavy atom. The third-order valence-electron chi connectivity index (χ3n) is 2.14. The van der Waals surface area contributed by atoms with E-state index in [0.717, 1.165) is 18.7 Å². The molecule has 0 amide bonds. The van der Waals surface area contributed by atoms with Crippen LogP contribution < -0.4 is 5.32 Å². The van der Waals surface area contributed by atoms with Crippen molar-refractivity contribution in [3.05, 3.63) is 50.6 Å². The Bertz CT molecular complexity index is 434. The van der Waals surface area contributed by atoms with Gasteiger partial charge in [0.05, 0.1) is 0 Å². The normalized spacial score (nSPS) is 10.4. The van der Waals surface area contributed by atoms with Crippen LogP contribution in [0.4, 0.5) is 5.69 Å². The number of nitrogens with one attached hydrogen (secondary N) is 1. The van der Waals surface area contributed by atoms with Crippen LogP contribution in [0.2, 0.25) is 10.0 Å². The third-order valence-corrected chi connectivity index (χ3v) is 3.52. The molecule has 0 aliphatic carbocycles. The monoisotopic (exact) mass is 271 g/mol. The summed E-state index contributed by atoms with van der Waals surface area (Å²) in [6.07, 6.45) is 1.02. The Labute approximate surface area is 109 Å². The minimum Gasteiger partial charge on any atom is -0.385 e. The molecular weight excluding hydrogens is 261 g/mol. The number of hydrogen-bond donors (Lipinski definition) is 1. The SMILES string of the molecule is Clc1cc(Cl)cc(NCCc2cccs2)c1. The van der Waals surface area contributed by atoms with Gasteiger partial charge in [0, 0.05) is 27.2 Å². The van der Waals surface area contributed by atoms with E-state index in [0.29, 0.717) is 10.0 Å². The van der Waals surface area contributed by atoms with Gasteiger partial charge < -0.3 is 5.32 Å². The largest absolute Gasteiger partial charge is 0.385 e. The molecule has 0 spiro atoms. The lowest BCUT2D eigenvalue weighted by molar-refractivity contribution is 1.04. The van der Waals surface area contributed by atoms with Gasteiger partial charge in [0.15, 0.2) is 0 Å². The zero-order chi connectivity index (χ0) is 11.4. The summed E-state index contributed by atoms with van der Waals surface area (Å²) in [7, 11) is 0. The van der Waals surface area contributed by atoms with Gasteiger partial charge in [-0.05, 0) is 36.1 Å². The van der Waals surface area contributed by atoms with E-state index in [-0.39, 0.29) is 0 Å². The van der Waals surface area contributed by atoms with Crippen molar-refractivity contribution in [3.8, 4) is 0 Å². The lowest BCUT2D eigenvalue weighted by Crippen LogP contribution is -2.03. The molecule has 0 aliphatic rings. The standard InChI is InChI=1S/C12H11Cl2NS/c13-9-6-10(14)8-11(7-9)15-4-3-12-2-1-5-16-12/h1-2,5-8,15H,3-4H2. The zero-order valence-corrected chi connectivity index (χ0v) is 10.9. The molecule has 4 heteroatoms. The van der Waals surface area contributed by atoms with Crippen LogP contribution in [0.25, 0.3) is 0 Å². The molecule has 1 N–H and O–H groups in total. The molecule has 0 radical (unpaired) electrons. The second-order valence-corrected chi connectivity index (χ2v) is 5.32. The summed E-state index contributed by atoms with van der Waals surface area (Å²) in [6.45, 7) is 0.886. The smallest absolute Gasteiger partial charge is 0.0441 e. The Balaban J connectivity index is 1.89. The van der Waals surface area contributed by atoms with Crippen LogP contribution in [0, 0.1) is 0 Å². The molecule has 0 fully saturated rings. The summed E-state index contributed by atoms with van der Waals surface area (Å²) in [4.78, 5) is 1.38. The number of anilines is 1. The second-order valence-electron chi connectivity index (χ2n) is 3.41. The number of thiophene rings is 1. The van der Waals surface area contributed by atoms with Crippen LogP contribution in [-0.4, -0.2) is 6.54 Å². The Kier molecular flexibility index (Phi) is 4.10. The van der Waals surface area contributed by atoms with Gasteiger partial charge in [-0.15, -0.1) is 11.3 Å². The van der Waals surface area contributed by atoms with Crippen LogP contribution in [0.3, 0.4) is 0 Å². The van der Waals surface area contributed by atoms with Gasteiger partial charge in [-0.2, -0.15) is 0 Å². The van der Waals surface area contributed by atoms with Crippen molar-refractivity contribution >= 4 is 40.2 Å². The van der Waals surface area contributed by atoms with E-state index in [2.05, 4.69) is 22.8 Å². The van der Waals surface area contributed by atoms with Gasteiger partial charge in [-0.1, -0.05) is 29.3 Å². The van der Waals surface area contributed by atoms with E-state index in [4.69, 9.17) is 23.2 Å². The number of rotatable bonds is 4. The first-order valence-corrected chi connectivity index (χ1v) is 6.60. The molecule has 2 aromatic rings. The minimum absolute atomic E-state index is 0.658. The van der Waals surface area contributed by atoms with Gasteiger partial charge in [0.25, 0.3) is 0 Å². The first-order valence-electron chi connectivity index (χ1n) is 4.96. The molecular formula is C12H11Cl2NS. The van der Waals surface area contributed by atoms with Crippen molar-refractivity contribution in [2.45, 2.75) is 6.42 Å². The summed E-state index contributed by atoms with van der Waals surface area (Å²) in [5.74, 6) is 0. The highest BCUT2D eigenvalue weighted by Crippen LogP contribution is 2.22. The molecule has 0 atom stereocenters.